The van der Waals surface area contributed by atoms with Crippen molar-refractivity contribution in [3.63, 3.8) is 0 Å². The molecule has 0 bridgehead atoms. The van der Waals surface area contributed by atoms with E-state index in [4.69, 9.17) is 11.6 Å². The average Bonchev–Trinajstić information content (AvgIpc) is 2.58. The average molecular weight is 349 g/mol. The zero-order valence-electron chi connectivity index (χ0n) is 13.9. The van der Waals surface area contributed by atoms with E-state index in [0.29, 0.717) is 43.6 Å². The molecule has 1 fully saturated rings. The smallest absolute Gasteiger partial charge is 0.277 e. The molecule has 0 radical (unpaired) electrons. The number of fused-ring (bicyclic) bond motifs is 1. The Morgan fingerprint density at radius 2 is 1.96 bits per heavy atom. The summed E-state index contributed by atoms with van der Waals surface area (Å²) in [5.41, 5.74) is 0.272. The third-order valence-electron chi connectivity index (χ3n) is 4.90. The number of hydrogen-bond acceptors (Lipinski definition) is 4. The fourth-order valence-corrected chi connectivity index (χ4v) is 3.57. The molecule has 2 aliphatic heterocycles. The Kier molecular flexibility index (Phi) is 4.60. The molecular formula is C17H21ClN4O2. The fraction of sp³-hybridized carbons (Fsp3) is 0.471. The number of rotatable bonds is 4. The maximum absolute atomic E-state index is 12.4. The zero-order valence-corrected chi connectivity index (χ0v) is 14.6. The van der Waals surface area contributed by atoms with Crippen LogP contribution in [-0.2, 0) is 11.3 Å². The van der Waals surface area contributed by atoms with Gasteiger partial charge in [0.1, 0.15) is 11.3 Å². The number of hydrogen-bond donors (Lipinski definition) is 1. The summed E-state index contributed by atoms with van der Waals surface area (Å²) in [5, 5.41) is 3.18. The summed E-state index contributed by atoms with van der Waals surface area (Å²) in [6.07, 6.45) is 1.23. The normalized spacial score (nSPS) is 20.5. The van der Waals surface area contributed by atoms with Crippen molar-refractivity contribution < 1.29 is 9.59 Å². The maximum Gasteiger partial charge on any atom is 0.330 e. The van der Waals surface area contributed by atoms with Crippen molar-refractivity contribution in [2.45, 2.75) is 33.2 Å². The van der Waals surface area contributed by atoms with Gasteiger partial charge in [-0.15, -0.1) is 0 Å². The van der Waals surface area contributed by atoms with Crippen molar-refractivity contribution in [2.24, 2.45) is 10.4 Å². The van der Waals surface area contributed by atoms with Crippen LogP contribution in [0.4, 0.5) is 4.79 Å². The van der Waals surface area contributed by atoms with Crippen LogP contribution in [0.3, 0.4) is 0 Å². The summed E-state index contributed by atoms with van der Waals surface area (Å²) in [4.78, 5) is 32.9. The van der Waals surface area contributed by atoms with Gasteiger partial charge in [-0.3, -0.25) is 24.9 Å². The summed E-state index contributed by atoms with van der Waals surface area (Å²) in [5.74, 6) is 0.351. The summed E-state index contributed by atoms with van der Waals surface area (Å²) >= 11 is 6.22. The lowest BCUT2D eigenvalue weighted by molar-refractivity contribution is -0.128. The van der Waals surface area contributed by atoms with E-state index in [1.165, 1.54) is 0 Å². The van der Waals surface area contributed by atoms with E-state index in [1.54, 1.807) is 4.90 Å². The predicted molar refractivity (Wildman–Crippen MR) is 92.6 cm³/mol. The Bertz CT molecular complexity index is 700. The maximum atomic E-state index is 12.4. The lowest BCUT2D eigenvalue weighted by atomic mass is 9.78. The molecule has 0 atom stereocenters. The van der Waals surface area contributed by atoms with Gasteiger partial charge in [-0.2, -0.15) is 0 Å². The standard InChI is InChI=1S/C17H21ClN4O2/c1-3-17(4-2)14-19-10-21(9-12-7-5-6-8-13(12)18)11-22(14)16(24)20-15(17)23/h5-8H,3-4,9-11H2,1-2H3,(H,20,23,24). The van der Waals surface area contributed by atoms with Crippen molar-refractivity contribution in [1.82, 2.24) is 15.1 Å². The van der Waals surface area contributed by atoms with Crippen LogP contribution >= 0.6 is 11.6 Å². The highest BCUT2D eigenvalue weighted by molar-refractivity contribution is 6.31. The number of carbonyl (C=O) groups is 2. The van der Waals surface area contributed by atoms with E-state index in [0.717, 1.165) is 5.56 Å². The van der Waals surface area contributed by atoms with Gasteiger partial charge in [-0.05, 0) is 24.5 Å². The molecule has 0 unspecified atom stereocenters. The monoisotopic (exact) mass is 348 g/mol. The molecular weight excluding hydrogens is 328 g/mol. The highest BCUT2D eigenvalue weighted by Crippen LogP contribution is 2.35. The number of nitrogens with one attached hydrogen (secondary N) is 1. The molecule has 0 aromatic heterocycles. The number of urea groups is 1. The van der Waals surface area contributed by atoms with Gasteiger partial charge in [0, 0.05) is 11.6 Å². The molecule has 3 amide bonds. The third kappa shape index (κ3) is 2.70. The van der Waals surface area contributed by atoms with Crippen LogP contribution in [0.1, 0.15) is 32.3 Å². The molecule has 7 heteroatoms. The second-order valence-electron chi connectivity index (χ2n) is 6.16. The fourth-order valence-electron chi connectivity index (χ4n) is 3.37. The number of amidine groups is 1. The number of imide groups is 1. The third-order valence-corrected chi connectivity index (χ3v) is 5.27. The molecule has 24 heavy (non-hydrogen) atoms. The second kappa shape index (κ2) is 6.53. The van der Waals surface area contributed by atoms with Crippen LogP contribution in [0.2, 0.25) is 5.02 Å². The van der Waals surface area contributed by atoms with Gasteiger partial charge in [0.15, 0.2) is 0 Å². The van der Waals surface area contributed by atoms with Crippen molar-refractivity contribution in [1.29, 1.82) is 0 Å². The summed E-state index contributed by atoms with van der Waals surface area (Å²) in [7, 11) is 0. The first kappa shape index (κ1) is 16.9. The van der Waals surface area contributed by atoms with Gasteiger partial charge in [-0.25, -0.2) is 4.79 Å². The first-order valence-electron chi connectivity index (χ1n) is 8.15. The van der Waals surface area contributed by atoms with Gasteiger partial charge < -0.3 is 0 Å². The van der Waals surface area contributed by atoms with Crippen LogP contribution in [0.25, 0.3) is 0 Å². The molecule has 2 aliphatic rings. The molecule has 1 saturated heterocycles. The Morgan fingerprint density at radius 1 is 1.25 bits per heavy atom. The largest absolute Gasteiger partial charge is 0.330 e. The molecule has 0 spiro atoms. The van der Waals surface area contributed by atoms with E-state index in [2.05, 4.69) is 10.3 Å². The molecule has 0 aliphatic carbocycles. The Labute approximate surface area is 146 Å². The first-order valence-corrected chi connectivity index (χ1v) is 8.53. The quantitative estimate of drug-likeness (QED) is 0.910. The Balaban J connectivity index is 1.87. The molecule has 6 nitrogen and oxygen atoms in total. The van der Waals surface area contributed by atoms with Crippen LogP contribution < -0.4 is 5.32 Å². The van der Waals surface area contributed by atoms with Crippen molar-refractivity contribution >= 4 is 29.4 Å². The van der Waals surface area contributed by atoms with Crippen LogP contribution in [0.15, 0.2) is 29.3 Å². The van der Waals surface area contributed by atoms with Gasteiger partial charge in [0.25, 0.3) is 0 Å². The molecule has 128 valence electrons. The lowest BCUT2D eigenvalue weighted by Gasteiger charge is -2.45. The minimum atomic E-state index is -0.718. The van der Waals surface area contributed by atoms with Crippen molar-refractivity contribution in [3.8, 4) is 0 Å². The Hall–Kier alpha value is -1.92. The van der Waals surface area contributed by atoms with E-state index in [1.807, 2.05) is 43.0 Å². The van der Waals surface area contributed by atoms with Crippen LogP contribution in [-0.4, -0.2) is 40.9 Å². The number of benzene rings is 1. The Morgan fingerprint density at radius 3 is 2.62 bits per heavy atom. The molecule has 0 saturated carbocycles. The number of nitrogens with zero attached hydrogens (tertiary/aromatic N) is 3. The van der Waals surface area contributed by atoms with Crippen molar-refractivity contribution in [2.75, 3.05) is 13.3 Å². The van der Waals surface area contributed by atoms with Crippen LogP contribution in [0.5, 0.6) is 0 Å². The summed E-state index contributed by atoms with van der Waals surface area (Å²) in [6.45, 7) is 5.34. The highest BCUT2D eigenvalue weighted by Gasteiger charge is 2.50. The molecule has 1 N–H and O–H groups in total. The zero-order chi connectivity index (χ0) is 17.3. The van der Waals surface area contributed by atoms with E-state index < -0.39 is 11.4 Å². The lowest BCUT2D eigenvalue weighted by Crippen LogP contribution is -2.66. The van der Waals surface area contributed by atoms with Crippen molar-refractivity contribution in [3.05, 3.63) is 34.9 Å². The first-order chi connectivity index (χ1) is 11.5. The number of aliphatic imine (C=N–C) groups is 1. The van der Waals surface area contributed by atoms with Gasteiger partial charge >= 0.3 is 6.03 Å². The topological polar surface area (TPSA) is 65.0 Å². The van der Waals surface area contributed by atoms with Gasteiger partial charge in [-0.1, -0.05) is 43.6 Å². The molecule has 2 heterocycles. The van der Waals surface area contributed by atoms with E-state index >= 15 is 0 Å². The van der Waals surface area contributed by atoms with Gasteiger partial charge in [0.2, 0.25) is 5.91 Å². The van der Waals surface area contributed by atoms with E-state index in [-0.39, 0.29) is 5.91 Å². The van der Waals surface area contributed by atoms with E-state index in [9.17, 15) is 9.59 Å². The van der Waals surface area contributed by atoms with Gasteiger partial charge in [0.05, 0.1) is 13.3 Å². The summed E-state index contributed by atoms with van der Waals surface area (Å²) in [6, 6.07) is 7.23. The number of halogens is 1. The minimum Gasteiger partial charge on any atom is -0.277 e. The molecule has 3 rings (SSSR count). The number of amides is 3. The SMILES string of the molecule is CCC1(CC)C(=O)NC(=O)N2CN(Cc3ccccc3Cl)CN=C21. The highest BCUT2D eigenvalue weighted by atomic mass is 35.5. The van der Waals surface area contributed by atoms with Crippen LogP contribution in [0, 0.1) is 5.41 Å². The summed E-state index contributed by atoms with van der Waals surface area (Å²) < 4.78 is 0. The predicted octanol–water partition coefficient (Wildman–Crippen LogP) is 2.83. The molecule has 1 aromatic carbocycles. The minimum absolute atomic E-state index is 0.243. The second-order valence-corrected chi connectivity index (χ2v) is 6.57. The number of carbonyl (C=O) groups excluding carboxylic acids is 2. The molecule has 1 aromatic rings.